The van der Waals surface area contributed by atoms with E-state index in [1.165, 1.54) is 62.5 Å². The van der Waals surface area contributed by atoms with E-state index in [0.29, 0.717) is 0 Å². The molecule has 0 saturated heterocycles. The molecule has 0 heterocycles. The Labute approximate surface area is 102 Å². The quantitative estimate of drug-likeness (QED) is 0.511. The number of allylic oxidation sites excluding steroid dienone is 2. The Bertz CT molecular complexity index is 190. The van der Waals surface area contributed by atoms with Gasteiger partial charge >= 0.3 is 0 Å². The minimum atomic E-state index is 1.01. The Balaban J connectivity index is 0.000000606. The third kappa shape index (κ3) is 3.81. The van der Waals surface area contributed by atoms with E-state index in [-0.39, 0.29) is 0 Å². The average Bonchev–Trinajstić information content (AvgIpc) is 2.34. The minimum absolute atomic E-state index is 1.01. The monoisotopic (exact) mass is 220 g/mol. The zero-order valence-electron chi connectivity index (χ0n) is 11.2. The van der Waals surface area contributed by atoms with Gasteiger partial charge in [0.1, 0.15) is 0 Å². The Kier molecular flexibility index (Phi) is 5.87. The van der Waals surface area contributed by atoms with Crippen molar-refractivity contribution < 1.29 is 0 Å². The second kappa shape index (κ2) is 6.93. The summed E-state index contributed by atoms with van der Waals surface area (Å²) in [4.78, 5) is 0. The lowest BCUT2D eigenvalue weighted by Crippen LogP contribution is -2.21. The summed E-state index contributed by atoms with van der Waals surface area (Å²) < 4.78 is 0. The van der Waals surface area contributed by atoms with E-state index in [1.807, 2.05) is 13.8 Å². The van der Waals surface area contributed by atoms with Crippen LogP contribution >= 0.6 is 0 Å². The van der Waals surface area contributed by atoms with Crippen molar-refractivity contribution >= 4 is 0 Å². The summed E-state index contributed by atoms with van der Waals surface area (Å²) in [7, 11) is 0. The van der Waals surface area contributed by atoms with Gasteiger partial charge in [0.2, 0.25) is 0 Å². The Hall–Kier alpha value is -0.520. The molecule has 0 unspecified atom stereocenters. The molecule has 2 aliphatic rings. The second-order valence-corrected chi connectivity index (χ2v) is 5.17. The van der Waals surface area contributed by atoms with Crippen molar-refractivity contribution in [2.24, 2.45) is 11.8 Å². The molecular formula is C16H28. The highest BCUT2D eigenvalue weighted by molar-refractivity contribution is 5.02. The van der Waals surface area contributed by atoms with E-state index >= 15 is 0 Å². The van der Waals surface area contributed by atoms with E-state index in [0.717, 1.165) is 11.8 Å². The van der Waals surface area contributed by atoms with Gasteiger partial charge in [0, 0.05) is 0 Å². The molecule has 0 bridgehead atoms. The molecule has 0 amide bonds. The van der Waals surface area contributed by atoms with Crippen LogP contribution in [0.2, 0.25) is 0 Å². The number of hydrogen-bond donors (Lipinski definition) is 0. The predicted molar refractivity (Wildman–Crippen MR) is 73.5 cm³/mol. The van der Waals surface area contributed by atoms with Crippen LogP contribution in [-0.2, 0) is 0 Å². The molecule has 0 atom stereocenters. The SMILES string of the molecule is C=C1CCC(C2CCC(=C)CC2)CC1.CC. The maximum absolute atomic E-state index is 4.09. The molecule has 2 rings (SSSR count). The first-order valence-corrected chi connectivity index (χ1v) is 7.09. The Morgan fingerprint density at radius 3 is 1.19 bits per heavy atom. The van der Waals surface area contributed by atoms with Crippen LogP contribution < -0.4 is 0 Å². The molecule has 0 radical (unpaired) electrons. The summed E-state index contributed by atoms with van der Waals surface area (Å²) in [5.74, 6) is 2.02. The van der Waals surface area contributed by atoms with E-state index in [4.69, 9.17) is 0 Å². The highest BCUT2D eigenvalue weighted by Gasteiger charge is 2.26. The molecule has 0 aromatic rings. The van der Waals surface area contributed by atoms with Crippen LogP contribution in [0.25, 0.3) is 0 Å². The topological polar surface area (TPSA) is 0 Å². The molecule has 2 fully saturated rings. The van der Waals surface area contributed by atoms with Gasteiger partial charge in [0.05, 0.1) is 0 Å². The van der Waals surface area contributed by atoms with Crippen molar-refractivity contribution in [3.8, 4) is 0 Å². The summed E-state index contributed by atoms with van der Waals surface area (Å²) in [6.07, 6.45) is 10.8. The Morgan fingerprint density at radius 2 is 0.938 bits per heavy atom. The molecular weight excluding hydrogens is 192 g/mol. The summed E-state index contributed by atoms with van der Waals surface area (Å²) in [6, 6.07) is 0. The summed E-state index contributed by atoms with van der Waals surface area (Å²) in [6.45, 7) is 12.2. The first kappa shape index (κ1) is 13.5. The van der Waals surface area contributed by atoms with Gasteiger partial charge in [-0.25, -0.2) is 0 Å². The van der Waals surface area contributed by atoms with Crippen molar-refractivity contribution in [2.75, 3.05) is 0 Å². The zero-order valence-corrected chi connectivity index (χ0v) is 11.2. The van der Waals surface area contributed by atoms with Crippen molar-refractivity contribution in [2.45, 2.75) is 65.2 Å². The smallest absolute Gasteiger partial charge is 0.0320 e. The molecule has 0 N–H and O–H groups in total. The molecule has 2 saturated carbocycles. The molecule has 0 aromatic carbocycles. The van der Waals surface area contributed by atoms with Crippen molar-refractivity contribution in [3.63, 3.8) is 0 Å². The molecule has 0 nitrogen and oxygen atoms in total. The van der Waals surface area contributed by atoms with Crippen molar-refractivity contribution in [1.82, 2.24) is 0 Å². The van der Waals surface area contributed by atoms with Gasteiger partial charge < -0.3 is 0 Å². The van der Waals surface area contributed by atoms with Gasteiger partial charge in [-0.2, -0.15) is 0 Å². The van der Waals surface area contributed by atoms with Gasteiger partial charge in [-0.05, 0) is 63.2 Å². The van der Waals surface area contributed by atoms with Crippen molar-refractivity contribution in [3.05, 3.63) is 24.3 Å². The predicted octanol–water partition coefficient (Wildman–Crippen LogP) is 5.51. The van der Waals surface area contributed by atoms with E-state index in [1.54, 1.807) is 0 Å². The summed E-state index contributed by atoms with van der Waals surface area (Å²) in [5.41, 5.74) is 2.97. The molecule has 0 aliphatic heterocycles. The normalized spacial score (nSPS) is 23.9. The van der Waals surface area contributed by atoms with Gasteiger partial charge in [0.25, 0.3) is 0 Å². The first-order valence-electron chi connectivity index (χ1n) is 7.09. The fraction of sp³-hybridized carbons (Fsp3) is 0.750. The zero-order chi connectivity index (χ0) is 12.0. The second-order valence-electron chi connectivity index (χ2n) is 5.17. The highest BCUT2D eigenvalue weighted by Crippen LogP contribution is 2.40. The molecule has 0 spiro atoms. The third-order valence-corrected chi connectivity index (χ3v) is 4.14. The van der Waals surface area contributed by atoms with Gasteiger partial charge in [-0.3, -0.25) is 0 Å². The lowest BCUT2D eigenvalue weighted by Gasteiger charge is -2.34. The van der Waals surface area contributed by atoms with Crippen LogP contribution in [0.15, 0.2) is 24.3 Å². The van der Waals surface area contributed by atoms with Crippen LogP contribution in [0.5, 0.6) is 0 Å². The molecule has 0 heteroatoms. The highest BCUT2D eigenvalue weighted by atomic mass is 14.3. The molecule has 16 heavy (non-hydrogen) atoms. The van der Waals surface area contributed by atoms with Crippen LogP contribution in [0, 0.1) is 11.8 Å². The van der Waals surface area contributed by atoms with Crippen LogP contribution in [0.3, 0.4) is 0 Å². The van der Waals surface area contributed by atoms with Crippen LogP contribution in [-0.4, -0.2) is 0 Å². The fourth-order valence-corrected chi connectivity index (χ4v) is 3.04. The van der Waals surface area contributed by atoms with E-state index < -0.39 is 0 Å². The maximum atomic E-state index is 4.09. The summed E-state index contributed by atoms with van der Waals surface area (Å²) >= 11 is 0. The first-order chi connectivity index (χ1) is 7.75. The fourth-order valence-electron chi connectivity index (χ4n) is 3.04. The van der Waals surface area contributed by atoms with E-state index in [9.17, 15) is 0 Å². The number of hydrogen-bond acceptors (Lipinski definition) is 0. The maximum Gasteiger partial charge on any atom is -0.0320 e. The molecule has 92 valence electrons. The average molecular weight is 220 g/mol. The van der Waals surface area contributed by atoms with Gasteiger partial charge in [-0.15, -0.1) is 0 Å². The number of rotatable bonds is 1. The van der Waals surface area contributed by atoms with Gasteiger partial charge in [0.15, 0.2) is 0 Å². The van der Waals surface area contributed by atoms with Crippen molar-refractivity contribution in [1.29, 1.82) is 0 Å². The third-order valence-electron chi connectivity index (χ3n) is 4.14. The Morgan fingerprint density at radius 1 is 0.688 bits per heavy atom. The largest absolute Gasteiger partial charge is 0.0999 e. The van der Waals surface area contributed by atoms with E-state index in [2.05, 4.69) is 13.2 Å². The summed E-state index contributed by atoms with van der Waals surface area (Å²) in [5, 5.41) is 0. The van der Waals surface area contributed by atoms with Crippen LogP contribution in [0.1, 0.15) is 65.2 Å². The van der Waals surface area contributed by atoms with Gasteiger partial charge in [-0.1, -0.05) is 38.2 Å². The standard InChI is InChI=1S/C14H22.C2H6/c1-11-3-7-13(8-4-11)14-9-5-12(2)6-10-14;1-2/h13-14H,1-10H2;1-2H3. The lowest BCUT2D eigenvalue weighted by atomic mass is 9.72. The lowest BCUT2D eigenvalue weighted by molar-refractivity contribution is 0.231. The molecule has 0 aromatic heterocycles. The minimum Gasteiger partial charge on any atom is -0.0999 e. The molecule has 2 aliphatic carbocycles. The van der Waals surface area contributed by atoms with Crippen LogP contribution in [0.4, 0.5) is 0 Å².